The number of amides is 1. The molecule has 1 aromatic heterocycles. The van der Waals surface area contributed by atoms with Gasteiger partial charge in [0.25, 0.3) is 5.91 Å². The van der Waals surface area contributed by atoms with Gasteiger partial charge in [0.15, 0.2) is 0 Å². The van der Waals surface area contributed by atoms with Gasteiger partial charge in [-0.25, -0.2) is 4.98 Å². The van der Waals surface area contributed by atoms with Gasteiger partial charge in [-0.15, -0.1) is 0 Å². The average Bonchev–Trinajstić information content (AvgIpc) is 2.69. The first kappa shape index (κ1) is 17.5. The fraction of sp³-hybridized carbons (Fsp3) is 0.0435. The van der Waals surface area contributed by atoms with Crippen LogP contribution in [0.15, 0.2) is 78.9 Å². The monoisotopic (exact) mass is 369 g/mol. The molecule has 0 unspecified atom stereocenters. The third kappa shape index (κ3) is 3.78. The van der Waals surface area contributed by atoms with Gasteiger partial charge < -0.3 is 15.8 Å². The van der Waals surface area contributed by atoms with Gasteiger partial charge in [-0.1, -0.05) is 30.3 Å². The van der Waals surface area contributed by atoms with Crippen LogP contribution in [0.2, 0.25) is 0 Å². The number of aromatic nitrogens is 1. The van der Waals surface area contributed by atoms with Gasteiger partial charge in [0.1, 0.15) is 17.3 Å². The number of nitrogen functional groups attached to an aromatic ring is 1. The van der Waals surface area contributed by atoms with Crippen LogP contribution in [0.25, 0.3) is 10.8 Å². The Balaban J connectivity index is 1.46. The molecule has 0 aliphatic rings. The quantitative estimate of drug-likeness (QED) is 0.520. The van der Waals surface area contributed by atoms with Crippen molar-refractivity contribution in [1.82, 2.24) is 4.98 Å². The molecule has 4 aromatic rings. The smallest absolute Gasteiger partial charge is 0.259 e. The molecule has 3 aromatic carbocycles. The summed E-state index contributed by atoms with van der Waals surface area (Å²) in [5.41, 5.74) is 7.60. The molecule has 0 aliphatic heterocycles. The van der Waals surface area contributed by atoms with Crippen LogP contribution in [0.4, 0.5) is 11.5 Å². The summed E-state index contributed by atoms with van der Waals surface area (Å²) in [4.78, 5) is 16.5. The zero-order valence-electron chi connectivity index (χ0n) is 15.3. The highest BCUT2D eigenvalue weighted by Crippen LogP contribution is 2.26. The molecule has 0 aliphatic carbocycles. The van der Waals surface area contributed by atoms with Crippen molar-refractivity contribution in [1.29, 1.82) is 0 Å². The van der Waals surface area contributed by atoms with E-state index in [-0.39, 0.29) is 11.7 Å². The van der Waals surface area contributed by atoms with Crippen molar-refractivity contribution in [2.75, 3.05) is 11.1 Å². The lowest BCUT2D eigenvalue weighted by Crippen LogP contribution is -2.15. The number of fused-ring (bicyclic) bond motifs is 1. The molecule has 0 spiro atoms. The van der Waals surface area contributed by atoms with Crippen LogP contribution in [0.3, 0.4) is 0 Å². The summed E-state index contributed by atoms with van der Waals surface area (Å²) in [5.74, 6) is 1.36. The molecule has 5 heteroatoms. The van der Waals surface area contributed by atoms with Crippen molar-refractivity contribution in [3.8, 4) is 11.5 Å². The van der Waals surface area contributed by atoms with Crippen LogP contribution in [0.5, 0.6) is 11.5 Å². The molecule has 0 saturated carbocycles. The van der Waals surface area contributed by atoms with Crippen molar-refractivity contribution < 1.29 is 9.53 Å². The number of carbonyl (C=O) groups excluding carboxylic acids is 1. The van der Waals surface area contributed by atoms with E-state index in [4.69, 9.17) is 10.5 Å². The van der Waals surface area contributed by atoms with E-state index in [1.807, 2.05) is 55.5 Å². The van der Waals surface area contributed by atoms with E-state index in [1.165, 1.54) is 0 Å². The summed E-state index contributed by atoms with van der Waals surface area (Å²) in [5, 5.41) is 5.10. The standard InChI is InChI=1S/C23H19N3O2/c1-15-6-13-21(22(24)25-15)23(27)26-18-8-11-19(12-9-18)28-20-10-7-16-4-2-3-5-17(16)14-20/h2-14H,1H3,(H2,24,25)(H,26,27). The number of hydrogen-bond donors (Lipinski definition) is 2. The molecular formula is C23H19N3O2. The molecule has 1 amide bonds. The van der Waals surface area contributed by atoms with Crippen molar-refractivity contribution >= 4 is 28.2 Å². The molecule has 28 heavy (non-hydrogen) atoms. The van der Waals surface area contributed by atoms with E-state index < -0.39 is 0 Å². The zero-order chi connectivity index (χ0) is 19.5. The number of benzene rings is 3. The van der Waals surface area contributed by atoms with E-state index in [0.29, 0.717) is 17.0 Å². The number of nitrogens with zero attached hydrogens (tertiary/aromatic N) is 1. The SMILES string of the molecule is Cc1ccc(C(=O)Nc2ccc(Oc3ccc4ccccc4c3)cc2)c(N)n1. The Kier molecular flexibility index (Phi) is 4.64. The number of aryl methyl sites for hydroxylation is 1. The Morgan fingerprint density at radius 3 is 2.36 bits per heavy atom. The molecule has 0 radical (unpaired) electrons. The zero-order valence-corrected chi connectivity index (χ0v) is 15.3. The van der Waals surface area contributed by atoms with Gasteiger partial charge in [0, 0.05) is 11.4 Å². The minimum atomic E-state index is -0.298. The molecule has 0 fully saturated rings. The summed E-state index contributed by atoms with van der Waals surface area (Å²) in [6, 6.07) is 24.7. The summed E-state index contributed by atoms with van der Waals surface area (Å²) in [7, 11) is 0. The van der Waals surface area contributed by atoms with E-state index in [0.717, 1.165) is 22.2 Å². The van der Waals surface area contributed by atoms with Crippen LogP contribution in [-0.4, -0.2) is 10.9 Å². The minimum absolute atomic E-state index is 0.216. The third-order valence-corrected chi connectivity index (χ3v) is 4.38. The lowest BCUT2D eigenvalue weighted by atomic mass is 10.1. The molecule has 0 atom stereocenters. The fourth-order valence-electron chi connectivity index (χ4n) is 2.94. The number of carbonyl (C=O) groups is 1. The maximum Gasteiger partial charge on any atom is 0.259 e. The second-order valence-electron chi connectivity index (χ2n) is 6.47. The number of ether oxygens (including phenoxy) is 1. The Labute approximate surface area is 162 Å². The molecule has 0 bridgehead atoms. The molecule has 3 N–H and O–H groups in total. The van der Waals surface area contributed by atoms with Gasteiger partial charge in [-0.05, 0) is 66.2 Å². The van der Waals surface area contributed by atoms with Gasteiger partial charge in [-0.3, -0.25) is 4.79 Å². The maximum absolute atomic E-state index is 12.4. The van der Waals surface area contributed by atoms with Gasteiger partial charge in [0.2, 0.25) is 0 Å². The summed E-state index contributed by atoms with van der Waals surface area (Å²) in [6.45, 7) is 1.83. The predicted octanol–water partition coefficient (Wildman–Crippen LogP) is 5.17. The largest absolute Gasteiger partial charge is 0.457 e. The van der Waals surface area contributed by atoms with E-state index >= 15 is 0 Å². The van der Waals surface area contributed by atoms with Crippen LogP contribution in [0.1, 0.15) is 16.1 Å². The summed E-state index contributed by atoms with van der Waals surface area (Å²) < 4.78 is 5.92. The van der Waals surface area contributed by atoms with Gasteiger partial charge in [0.05, 0.1) is 5.56 Å². The minimum Gasteiger partial charge on any atom is -0.457 e. The Morgan fingerprint density at radius 1 is 0.893 bits per heavy atom. The number of nitrogens with two attached hydrogens (primary N) is 1. The molecular weight excluding hydrogens is 350 g/mol. The lowest BCUT2D eigenvalue weighted by Gasteiger charge is -2.10. The van der Waals surface area contributed by atoms with Crippen LogP contribution >= 0.6 is 0 Å². The highest BCUT2D eigenvalue weighted by Gasteiger charge is 2.11. The number of pyridine rings is 1. The second kappa shape index (κ2) is 7.40. The highest BCUT2D eigenvalue weighted by atomic mass is 16.5. The van der Waals surface area contributed by atoms with Crippen molar-refractivity contribution in [2.24, 2.45) is 0 Å². The van der Waals surface area contributed by atoms with E-state index in [1.54, 1.807) is 24.3 Å². The highest BCUT2D eigenvalue weighted by molar-refractivity contribution is 6.07. The van der Waals surface area contributed by atoms with E-state index in [9.17, 15) is 4.79 Å². The predicted molar refractivity (Wildman–Crippen MR) is 112 cm³/mol. The molecule has 138 valence electrons. The Morgan fingerprint density at radius 2 is 1.61 bits per heavy atom. The fourth-order valence-corrected chi connectivity index (χ4v) is 2.94. The molecule has 4 rings (SSSR count). The van der Waals surface area contributed by atoms with E-state index in [2.05, 4.69) is 16.4 Å². The molecule has 0 saturated heterocycles. The maximum atomic E-state index is 12.4. The number of hydrogen-bond acceptors (Lipinski definition) is 4. The van der Waals surface area contributed by atoms with Crippen molar-refractivity contribution in [3.05, 3.63) is 90.1 Å². The van der Waals surface area contributed by atoms with Crippen LogP contribution in [0, 0.1) is 6.92 Å². The van der Waals surface area contributed by atoms with Gasteiger partial charge in [-0.2, -0.15) is 0 Å². The number of nitrogens with one attached hydrogen (secondary N) is 1. The average molecular weight is 369 g/mol. The van der Waals surface area contributed by atoms with Crippen LogP contribution < -0.4 is 15.8 Å². The first-order valence-electron chi connectivity index (χ1n) is 8.90. The summed E-state index contributed by atoms with van der Waals surface area (Å²) >= 11 is 0. The first-order valence-corrected chi connectivity index (χ1v) is 8.90. The Bertz CT molecular complexity index is 1150. The van der Waals surface area contributed by atoms with Gasteiger partial charge >= 0.3 is 0 Å². The van der Waals surface area contributed by atoms with Crippen LogP contribution in [-0.2, 0) is 0 Å². The molecule has 5 nitrogen and oxygen atoms in total. The Hall–Kier alpha value is -3.86. The van der Waals surface area contributed by atoms with Crippen molar-refractivity contribution in [3.63, 3.8) is 0 Å². The third-order valence-electron chi connectivity index (χ3n) is 4.38. The van der Waals surface area contributed by atoms with Crippen molar-refractivity contribution in [2.45, 2.75) is 6.92 Å². The first-order chi connectivity index (χ1) is 13.6. The molecule has 1 heterocycles. The normalized spacial score (nSPS) is 10.6. The lowest BCUT2D eigenvalue weighted by molar-refractivity contribution is 0.102. The number of anilines is 2. The number of rotatable bonds is 4. The second-order valence-corrected chi connectivity index (χ2v) is 6.47. The topological polar surface area (TPSA) is 77.2 Å². The summed E-state index contributed by atoms with van der Waals surface area (Å²) in [6.07, 6.45) is 0.